The number of anilines is 1. The minimum atomic E-state index is -0.00854. The number of hydrogen-bond acceptors (Lipinski definition) is 6. The second-order valence-corrected chi connectivity index (χ2v) is 6.00. The largest absolute Gasteiger partial charge is 0.471 e. The maximum absolute atomic E-state index is 12.3. The summed E-state index contributed by atoms with van der Waals surface area (Å²) in [6.07, 6.45) is 1.65. The summed E-state index contributed by atoms with van der Waals surface area (Å²) in [5.41, 5.74) is 0. The van der Waals surface area contributed by atoms with E-state index in [1.807, 2.05) is 36.0 Å². The Hall–Kier alpha value is -1.89. The molecule has 1 aromatic heterocycles. The van der Waals surface area contributed by atoms with Crippen LogP contribution in [0.3, 0.4) is 0 Å². The molecule has 0 radical (unpaired) electrons. The van der Waals surface area contributed by atoms with E-state index in [4.69, 9.17) is 9.47 Å². The van der Waals surface area contributed by atoms with Crippen LogP contribution in [0.15, 0.2) is 12.1 Å². The number of amides is 1. The third-order valence-corrected chi connectivity index (χ3v) is 4.11. The van der Waals surface area contributed by atoms with Crippen molar-refractivity contribution in [2.24, 2.45) is 5.92 Å². The molecule has 0 aliphatic carbocycles. The Kier molecular flexibility index (Phi) is 4.42. The lowest BCUT2D eigenvalue weighted by molar-refractivity contribution is -0.134. The van der Waals surface area contributed by atoms with Crippen LogP contribution in [-0.4, -0.2) is 67.5 Å². The number of nitrogens with zero attached hydrogens (tertiary/aromatic N) is 4. The van der Waals surface area contributed by atoms with Crippen LogP contribution in [0.25, 0.3) is 0 Å². The normalized spacial score (nSPS) is 24.5. The molecule has 7 heteroatoms. The number of carbonyl (C=O) groups is 1. The molecular weight excluding hydrogens is 284 g/mol. The fourth-order valence-electron chi connectivity index (χ4n) is 2.80. The van der Waals surface area contributed by atoms with Gasteiger partial charge in [0.25, 0.3) is 0 Å². The zero-order valence-corrected chi connectivity index (χ0v) is 13.1. The van der Waals surface area contributed by atoms with Crippen molar-refractivity contribution >= 4 is 11.7 Å². The minimum absolute atomic E-state index is 0.00854. The molecule has 0 spiro atoms. The van der Waals surface area contributed by atoms with Gasteiger partial charge in [-0.05, 0) is 12.5 Å². The lowest BCUT2D eigenvalue weighted by Crippen LogP contribution is -2.36. The van der Waals surface area contributed by atoms with E-state index in [1.54, 1.807) is 0 Å². The Labute approximate surface area is 130 Å². The fraction of sp³-hybridized carbons (Fsp3) is 0.667. The zero-order valence-electron chi connectivity index (χ0n) is 13.1. The highest BCUT2D eigenvalue weighted by molar-refractivity contribution is 5.79. The standard InChI is InChI=1S/C15H22N4O3/c1-18(2)13-3-4-14(17-16-13)22-12-5-7-19(9-12)15(20)11-6-8-21-10-11/h3-4,11-12H,5-10H2,1-2H3/t11-,12+/m0/s1. The summed E-state index contributed by atoms with van der Waals surface area (Å²) in [7, 11) is 3.83. The van der Waals surface area contributed by atoms with Crippen LogP contribution in [0.2, 0.25) is 0 Å². The molecule has 0 unspecified atom stereocenters. The van der Waals surface area contributed by atoms with Gasteiger partial charge in [0.2, 0.25) is 11.8 Å². The molecule has 2 aliphatic heterocycles. The smallest absolute Gasteiger partial charge is 0.233 e. The molecule has 22 heavy (non-hydrogen) atoms. The summed E-state index contributed by atoms with van der Waals surface area (Å²) in [6.45, 7) is 2.60. The summed E-state index contributed by atoms with van der Waals surface area (Å²) in [6, 6.07) is 3.69. The van der Waals surface area contributed by atoms with Gasteiger partial charge in [0, 0.05) is 39.7 Å². The minimum Gasteiger partial charge on any atom is -0.471 e. The summed E-state index contributed by atoms with van der Waals surface area (Å²) in [5.74, 6) is 1.52. The second-order valence-electron chi connectivity index (χ2n) is 6.00. The number of aromatic nitrogens is 2. The highest BCUT2D eigenvalue weighted by atomic mass is 16.5. The molecule has 0 N–H and O–H groups in total. The lowest BCUT2D eigenvalue weighted by atomic mass is 10.1. The van der Waals surface area contributed by atoms with Crippen LogP contribution in [-0.2, 0) is 9.53 Å². The van der Waals surface area contributed by atoms with Crippen LogP contribution >= 0.6 is 0 Å². The van der Waals surface area contributed by atoms with E-state index in [1.165, 1.54) is 0 Å². The SMILES string of the molecule is CN(C)c1ccc(O[C@@H]2CCN(C(=O)[C@H]3CCOC3)C2)nn1. The van der Waals surface area contributed by atoms with Crippen molar-refractivity contribution in [1.29, 1.82) is 0 Å². The van der Waals surface area contributed by atoms with Gasteiger partial charge in [-0.3, -0.25) is 4.79 Å². The average Bonchev–Trinajstić information content (AvgIpc) is 3.19. The van der Waals surface area contributed by atoms with E-state index in [0.717, 1.165) is 25.2 Å². The van der Waals surface area contributed by atoms with Crippen LogP contribution in [0.1, 0.15) is 12.8 Å². The van der Waals surface area contributed by atoms with Crippen LogP contribution < -0.4 is 9.64 Å². The van der Waals surface area contributed by atoms with E-state index in [-0.39, 0.29) is 17.9 Å². The Morgan fingerprint density at radius 1 is 1.36 bits per heavy atom. The Morgan fingerprint density at radius 2 is 2.23 bits per heavy atom. The third kappa shape index (κ3) is 3.30. The maximum atomic E-state index is 12.3. The molecule has 0 aromatic carbocycles. The highest BCUT2D eigenvalue weighted by Crippen LogP contribution is 2.22. The van der Waals surface area contributed by atoms with Gasteiger partial charge in [0.15, 0.2) is 5.82 Å². The molecule has 3 rings (SSSR count). The van der Waals surface area contributed by atoms with E-state index in [9.17, 15) is 4.79 Å². The molecule has 0 bridgehead atoms. The second kappa shape index (κ2) is 6.48. The predicted molar refractivity (Wildman–Crippen MR) is 80.9 cm³/mol. The van der Waals surface area contributed by atoms with Crippen molar-refractivity contribution in [3.8, 4) is 5.88 Å². The first-order chi connectivity index (χ1) is 10.6. The fourth-order valence-corrected chi connectivity index (χ4v) is 2.80. The monoisotopic (exact) mass is 306 g/mol. The van der Waals surface area contributed by atoms with Gasteiger partial charge >= 0.3 is 0 Å². The van der Waals surface area contributed by atoms with Crippen LogP contribution in [0, 0.1) is 5.92 Å². The Bertz CT molecular complexity index is 514. The summed E-state index contributed by atoms with van der Waals surface area (Å²) in [5, 5.41) is 8.16. The van der Waals surface area contributed by atoms with E-state index in [0.29, 0.717) is 25.6 Å². The topological polar surface area (TPSA) is 67.8 Å². The molecule has 0 saturated carbocycles. The number of ether oxygens (including phenoxy) is 2. The Balaban J connectivity index is 1.53. The maximum Gasteiger partial charge on any atom is 0.233 e. The van der Waals surface area contributed by atoms with Gasteiger partial charge < -0.3 is 19.3 Å². The van der Waals surface area contributed by atoms with Gasteiger partial charge in [-0.25, -0.2) is 0 Å². The molecule has 2 aliphatic rings. The van der Waals surface area contributed by atoms with E-state index in [2.05, 4.69) is 10.2 Å². The van der Waals surface area contributed by atoms with Crippen LogP contribution in [0.5, 0.6) is 5.88 Å². The molecule has 7 nitrogen and oxygen atoms in total. The summed E-state index contributed by atoms with van der Waals surface area (Å²) < 4.78 is 11.1. The molecule has 120 valence electrons. The van der Waals surface area contributed by atoms with Crippen molar-refractivity contribution in [3.05, 3.63) is 12.1 Å². The molecule has 3 heterocycles. The first kappa shape index (κ1) is 15.0. The molecular formula is C15H22N4O3. The molecule has 1 aromatic rings. The van der Waals surface area contributed by atoms with Gasteiger partial charge in [-0.1, -0.05) is 0 Å². The molecule has 2 saturated heterocycles. The zero-order chi connectivity index (χ0) is 15.5. The van der Waals surface area contributed by atoms with Crippen molar-refractivity contribution < 1.29 is 14.3 Å². The first-order valence-electron chi connectivity index (χ1n) is 7.67. The van der Waals surface area contributed by atoms with Crippen molar-refractivity contribution in [2.75, 3.05) is 45.3 Å². The first-order valence-corrected chi connectivity index (χ1v) is 7.67. The van der Waals surface area contributed by atoms with Gasteiger partial charge in [0.05, 0.1) is 19.1 Å². The molecule has 1 amide bonds. The predicted octanol–water partition coefficient (Wildman–Crippen LogP) is 0.559. The molecule has 2 fully saturated rings. The van der Waals surface area contributed by atoms with E-state index >= 15 is 0 Å². The third-order valence-electron chi connectivity index (χ3n) is 4.11. The van der Waals surface area contributed by atoms with Crippen LogP contribution in [0.4, 0.5) is 5.82 Å². The number of hydrogen-bond donors (Lipinski definition) is 0. The summed E-state index contributed by atoms with van der Waals surface area (Å²) in [4.78, 5) is 16.1. The number of carbonyl (C=O) groups excluding carboxylic acids is 1. The van der Waals surface area contributed by atoms with E-state index < -0.39 is 0 Å². The summed E-state index contributed by atoms with van der Waals surface area (Å²) >= 11 is 0. The average molecular weight is 306 g/mol. The lowest BCUT2D eigenvalue weighted by Gasteiger charge is -2.19. The van der Waals surface area contributed by atoms with Crippen molar-refractivity contribution in [3.63, 3.8) is 0 Å². The number of likely N-dealkylation sites (tertiary alicyclic amines) is 1. The van der Waals surface area contributed by atoms with Gasteiger partial charge in [-0.2, -0.15) is 0 Å². The molecule has 2 atom stereocenters. The van der Waals surface area contributed by atoms with Gasteiger partial charge in [0.1, 0.15) is 6.10 Å². The van der Waals surface area contributed by atoms with Gasteiger partial charge in [-0.15, -0.1) is 10.2 Å². The van der Waals surface area contributed by atoms with Crippen molar-refractivity contribution in [1.82, 2.24) is 15.1 Å². The van der Waals surface area contributed by atoms with Crippen molar-refractivity contribution in [2.45, 2.75) is 18.9 Å². The quantitative estimate of drug-likeness (QED) is 0.809. The Morgan fingerprint density at radius 3 is 2.86 bits per heavy atom. The number of rotatable bonds is 4. The highest BCUT2D eigenvalue weighted by Gasteiger charge is 2.33.